The van der Waals surface area contributed by atoms with Crippen LogP contribution in [-0.2, 0) is 4.79 Å². The van der Waals surface area contributed by atoms with E-state index in [0.717, 1.165) is 10.5 Å². The third-order valence-corrected chi connectivity index (χ3v) is 4.59. The molecule has 2 heterocycles. The molecule has 0 bridgehead atoms. The number of thiazole rings is 1. The van der Waals surface area contributed by atoms with E-state index in [-0.39, 0.29) is 23.2 Å². The first-order valence-electron chi connectivity index (χ1n) is 6.65. The number of hydrogen-bond donors (Lipinski definition) is 1. The van der Waals surface area contributed by atoms with E-state index < -0.39 is 0 Å². The second-order valence-electron chi connectivity index (χ2n) is 4.57. The van der Waals surface area contributed by atoms with Crippen LogP contribution >= 0.6 is 23.1 Å². The van der Waals surface area contributed by atoms with Crippen LogP contribution in [0.1, 0.15) is 0 Å². The molecule has 0 saturated carbocycles. The van der Waals surface area contributed by atoms with E-state index in [4.69, 9.17) is 5.26 Å². The lowest BCUT2D eigenvalue weighted by atomic mass is 10.1. The van der Waals surface area contributed by atoms with Gasteiger partial charge in [-0.2, -0.15) is 5.26 Å². The Hall–Kier alpha value is -2.37. The minimum atomic E-state index is -0.326. The summed E-state index contributed by atoms with van der Waals surface area (Å²) in [6.07, 6.45) is 1.82. The number of halogens is 1. The number of anilines is 1. The predicted octanol–water partition coefficient (Wildman–Crippen LogP) is 3.40. The highest BCUT2D eigenvalue weighted by Gasteiger charge is 2.17. The van der Waals surface area contributed by atoms with Crippen LogP contribution < -0.4 is 5.32 Å². The van der Waals surface area contributed by atoms with Crippen molar-refractivity contribution >= 4 is 39.8 Å². The fourth-order valence-corrected chi connectivity index (χ4v) is 3.24. The van der Waals surface area contributed by atoms with Crippen molar-refractivity contribution in [3.63, 3.8) is 0 Å². The lowest BCUT2D eigenvalue weighted by Gasteiger charge is -2.06. The fourth-order valence-electron chi connectivity index (χ4n) is 2.07. The van der Waals surface area contributed by atoms with Crippen LogP contribution in [0.25, 0.3) is 16.2 Å². The van der Waals surface area contributed by atoms with Crippen molar-refractivity contribution in [2.45, 2.75) is 0 Å². The van der Waals surface area contributed by atoms with E-state index >= 15 is 0 Å². The van der Waals surface area contributed by atoms with Crippen LogP contribution in [0.15, 0.2) is 35.8 Å². The van der Waals surface area contributed by atoms with E-state index in [1.54, 1.807) is 16.5 Å². The monoisotopic (exact) mass is 346 g/mol. The molecule has 0 atom stereocenters. The predicted molar refractivity (Wildman–Crippen MR) is 90.0 cm³/mol. The van der Waals surface area contributed by atoms with Crippen molar-refractivity contribution in [3.8, 4) is 17.3 Å². The summed E-state index contributed by atoms with van der Waals surface area (Å²) < 4.78 is 14.9. The van der Waals surface area contributed by atoms with Gasteiger partial charge < -0.3 is 5.32 Å². The number of benzene rings is 1. The van der Waals surface area contributed by atoms with Crippen LogP contribution in [0.4, 0.5) is 10.2 Å². The number of nitrogens with zero attached hydrogens (tertiary/aromatic N) is 3. The average molecular weight is 346 g/mol. The van der Waals surface area contributed by atoms with Gasteiger partial charge in [0, 0.05) is 17.1 Å². The van der Waals surface area contributed by atoms with Gasteiger partial charge in [-0.15, -0.1) is 23.1 Å². The molecule has 0 unspecified atom stereocenters. The minimum absolute atomic E-state index is 0.188. The Morgan fingerprint density at radius 3 is 2.96 bits per heavy atom. The topological polar surface area (TPSA) is 70.2 Å². The number of hydrogen-bond acceptors (Lipinski definition) is 5. The summed E-state index contributed by atoms with van der Waals surface area (Å²) in [4.78, 5) is 17.3. The lowest BCUT2D eigenvalue weighted by Crippen LogP contribution is -2.16. The molecule has 3 rings (SSSR count). The van der Waals surface area contributed by atoms with Gasteiger partial charge in [0.2, 0.25) is 5.91 Å². The molecule has 0 aliphatic heterocycles. The third kappa shape index (κ3) is 3.36. The van der Waals surface area contributed by atoms with Gasteiger partial charge in [0.15, 0.2) is 4.96 Å². The molecule has 1 aromatic carbocycles. The molecular weight excluding hydrogens is 335 g/mol. The first-order valence-corrected chi connectivity index (χ1v) is 8.68. The zero-order chi connectivity index (χ0) is 16.2. The van der Waals surface area contributed by atoms with Crippen LogP contribution in [-0.4, -0.2) is 26.8 Å². The molecule has 1 N–H and O–H groups in total. The van der Waals surface area contributed by atoms with Crippen molar-refractivity contribution in [2.24, 2.45) is 0 Å². The van der Waals surface area contributed by atoms with Crippen LogP contribution in [0.2, 0.25) is 0 Å². The molecule has 8 heteroatoms. The third-order valence-electron chi connectivity index (χ3n) is 3.04. The van der Waals surface area contributed by atoms with Gasteiger partial charge in [0.1, 0.15) is 17.3 Å². The molecule has 0 aliphatic carbocycles. The molecule has 0 radical (unpaired) electrons. The largest absolute Gasteiger partial charge is 0.309 e. The zero-order valence-corrected chi connectivity index (χ0v) is 13.5. The smallest absolute Gasteiger partial charge is 0.235 e. The number of amides is 1. The fraction of sp³-hybridized carbons (Fsp3) is 0.133. The highest BCUT2D eigenvalue weighted by atomic mass is 32.2. The number of imidazole rings is 1. The van der Waals surface area contributed by atoms with Crippen molar-refractivity contribution in [1.29, 1.82) is 5.26 Å². The number of nitriles is 1. The van der Waals surface area contributed by atoms with Crippen LogP contribution in [0.5, 0.6) is 0 Å². The Bertz CT molecular complexity index is 879. The summed E-state index contributed by atoms with van der Waals surface area (Å²) in [5, 5.41) is 13.2. The highest BCUT2D eigenvalue weighted by molar-refractivity contribution is 8.00. The summed E-state index contributed by atoms with van der Waals surface area (Å²) in [6.45, 7) is 0. The number of rotatable bonds is 5. The molecule has 23 heavy (non-hydrogen) atoms. The molecular formula is C15H11FN4OS2. The quantitative estimate of drug-likeness (QED) is 0.719. The van der Waals surface area contributed by atoms with Gasteiger partial charge >= 0.3 is 0 Å². The first-order chi connectivity index (χ1) is 11.2. The van der Waals surface area contributed by atoms with E-state index in [1.165, 1.54) is 35.2 Å². The number of carbonyl (C=O) groups excluding carboxylic acids is 1. The molecule has 0 aliphatic rings. The Morgan fingerprint density at radius 1 is 1.43 bits per heavy atom. The van der Waals surface area contributed by atoms with Gasteiger partial charge in [-0.05, 0) is 24.3 Å². The Morgan fingerprint density at radius 2 is 2.22 bits per heavy atom. The second kappa shape index (κ2) is 6.81. The summed E-state index contributed by atoms with van der Waals surface area (Å²) in [5.41, 5.74) is 1.32. The van der Waals surface area contributed by atoms with Crippen molar-refractivity contribution < 1.29 is 9.18 Å². The Labute approximate surface area is 139 Å². The van der Waals surface area contributed by atoms with Gasteiger partial charge in [0.25, 0.3) is 0 Å². The van der Waals surface area contributed by atoms with E-state index in [2.05, 4.69) is 10.3 Å². The van der Waals surface area contributed by atoms with E-state index in [1.807, 2.05) is 17.6 Å². The number of nitrogens with one attached hydrogen (secondary N) is 1. The molecule has 2 aromatic heterocycles. The Kier molecular flexibility index (Phi) is 4.60. The molecule has 3 aromatic rings. The maximum Gasteiger partial charge on any atom is 0.235 e. The average Bonchev–Trinajstić information content (AvgIpc) is 3.11. The summed E-state index contributed by atoms with van der Waals surface area (Å²) in [6, 6.07) is 7.95. The lowest BCUT2D eigenvalue weighted by molar-refractivity contribution is -0.113. The number of fused-ring (bicyclic) bond motifs is 1. The van der Waals surface area contributed by atoms with Gasteiger partial charge in [-0.1, -0.05) is 0 Å². The molecule has 0 saturated heterocycles. The second-order valence-corrected chi connectivity index (χ2v) is 6.43. The van der Waals surface area contributed by atoms with Gasteiger partial charge in [-0.3, -0.25) is 9.20 Å². The SMILES string of the molecule is N#CCSCC(=O)Nc1c(-c2ccc(F)cc2)nc2sccn12. The maximum absolute atomic E-state index is 13.1. The molecule has 1 amide bonds. The minimum Gasteiger partial charge on any atom is -0.309 e. The van der Waals surface area contributed by atoms with Gasteiger partial charge in [-0.25, -0.2) is 9.37 Å². The summed E-state index contributed by atoms with van der Waals surface area (Å²) >= 11 is 2.69. The zero-order valence-electron chi connectivity index (χ0n) is 11.8. The number of aromatic nitrogens is 2. The normalized spacial score (nSPS) is 10.6. The van der Waals surface area contributed by atoms with Crippen LogP contribution in [0.3, 0.4) is 0 Å². The van der Waals surface area contributed by atoms with Crippen LogP contribution in [0, 0.1) is 17.1 Å². The number of carbonyl (C=O) groups is 1. The summed E-state index contributed by atoms with van der Waals surface area (Å²) in [5.74, 6) is 0.469. The van der Waals surface area contributed by atoms with Gasteiger partial charge in [0.05, 0.1) is 17.6 Å². The van der Waals surface area contributed by atoms with Crippen molar-refractivity contribution in [1.82, 2.24) is 9.38 Å². The standard InChI is InChI=1S/C15H11FN4OS2/c16-11-3-1-10(2-4-11)13-14(18-12(21)9-22-7-5-17)20-6-8-23-15(20)19-13/h1-4,6,8H,7,9H2,(H,18,21). The summed E-state index contributed by atoms with van der Waals surface area (Å²) in [7, 11) is 0. The van der Waals surface area contributed by atoms with Crippen molar-refractivity contribution in [3.05, 3.63) is 41.7 Å². The molecule has 0 fully saturated rings. The number of thioether (sulfide) groups is 1. The highest BCUT2D eigenvalue weighted by Crippen LogP contribution is 2.30. The van der Waals surface area contributed by atoms with E-state index in [9.17, 15) is 9.18 Å². The van der Waals surface area contributed by atoms with Crippen molar-refractivity contribution in [2.75, 3.05) is 16.8 Å². The molecule has 116 valence electrons. The van der Waals surface area contributed by atoms with E-state index in [0.29, 0.717) is 11.5 Å². The Balaban J connectivity index is 1.92. The molecule has 5 nitrogen and oxygen atoms in total. The molecule has 0 spiro atoms. The first kappa shape index (κ1) is 15.5. The maximum atomic E-state index is 13.1.